The molecule has 1 fully saturated rings. The molecule has 8 heteroatoms. The summed E-state index contributed by atoms with van der Waals surface area (Å²) in [5.74, 6) is -3.22. The van der Waals surface area contributed by atoms with Crippen LogP contribution in [-0.2, 0) is 9.59 Å². The number of rotatable bonds is 7. The third-order valence-electron chi connectivity index (χ3n) is 5.16. The van der Waals surface area contributed by atoms with Gasteiger partial charge in [0.05, 0.1) is 17.5 Å². The molecule has 30 heavy (non-hydrogen) atoms. The Bertz CT molecular complexity index is 936. The Labute approximate surface area is 173 Å². The van der Waals surface area contributed by atoms with Gasteiger partial charge in [-0.3, -0.25) is 14.4 Å². The molecular weight excluding hydrogens is 392 g/mol. The number of likely N-dealkylation sites (tertiary alicyclic amines) is 1. The number of benzene rings is 2. The zero-order valence-electron chi connectivity index (χ0n) is 16.5. The van der Waals surface area contributed by atoms with Crippen LogP contribution < -0.4 is 10.6 Å². The third kappa shape index (κ3) is 5.00. The number of hydrogen-bond donors (Lipinski definition) is 2. The second-order valence-electron chi connectivity index (χ2n) is 7.20. The molecule has 3 rings (SSSR count). The van der Waals surface area contributed by atoms with E-state index in [-0.39, 0.29) is 42.9 Å². The van der Waals surface area contributed by atoms with E-state index in [1.807, 2.05) is 37.3 Å². The first-order valence-corrected chi connectivity index (χ1v) is 9.72. The predicted molar refractivity (Wildman–Crippen MR) is 106 cm³/mol. The van der Waals surface area contributed by atoms with Crippen molar-refractivity contribution in [2.75, 3.05) is 19.6 Å². The maximum atomic E-state index is 13.6. The molecule has 0 aromatic heterocycles. The molecule has 2 unspecified atom stereocenters. The first-order valence-electron chi connectivity index (χ1n) is 9.72. The van der Waals surface area contributed by atoms with Crippen LogP contribution in [-0.4, -0.2) is 42.3 Å². The van der Waals surface area contributed by atoms with Crippen molar-refractivity contribution < 1.29 is 23.2 Å². The summed E-state index contributed by atoms with van der Waals surface area (Å²) in [5, 5.41) is 5.16. The van der Waals surface area contributed by atoms with Gasteiger partial charge in [0.25, 0.3) is 5.91 Å². The van der Waals surface area contributed by atoms with Gasteiger partial charge in [0.1, 0.15) is 11.6 Å². The molecule has 1 aliphatic rings. The molecular formula is C22H23F2N3O3. The third-order valence-corrected chi connectivity index (χ3v) is 5.16. The van der Waals surface area contributed by atoms with Crippen LogP contribution in [0, 0.1) is 17.6 Å². The van der Waals surface area contributed by atoms with Gasteiger partial charge in [-0.25, -0.2) is 8.78 Å². The van der Waals surface area contributed by atoms with Crippen LogP contribution in [0.5, 0.6) is 0 Å². The SMILES string of the molecule is CC(c1ccccc1)N1CC(C(=O)NCCNC(=O)c2ccc(F)cc2F)CC1=O. The van der Waals surface area contributed by atoms with Gasteiger partial charge in [-0.2, -0.15) is 0 Å². The van der Waals surface area contributed by atoms with Crippen LogP contribution in [0.3, 0.4) is 0 Å². The second kappa shape index (κ2) is 9.47. The molecule has 0 radical (unpaired) electrons. The molecule has 2 atom stereocenters. The molecule has 0 aliphatic carbocycles. The molecule has 0 saturated carbocycles. The Morgan fingerprint density at radius 3 is 2.50 bits per heavy atom. The van der Waals surface area contributed by atoms with Gasteiger partial charge in [0.15, 0.2) is 0 Å². The highest BCUT2D eigenvalue weighted by Crippen LogP contribution is 2.28. The fourth-order valence-electron chi connectivity index (χ4n) is 3.47. The van der Waals surface area contributed by atoms with Crippen molar-refractivity contribution in [1.29, 1.82) is 0 Å². The number of carbonyl (C=O) groups excluding carboxylic acids is 3. The van der Waals surface area contributed by atoms with Crippen LogP contribution in [0.15, 0.2) is 48.5 Å². The van der Waals surface area contributed by atoms with Crippen LogP contribution in [0.1, 0.15) is 35.3 Å². The van der Waals surface area contributed by atoms with Crippen molar-refractivity contribution in [3.8, 4) is 0 Å². The topological polar surface area (TPSA) is 78.5 Å². The number of nitrogens with zero attached hydrogens (tertiary/aromatic N) is 1. The molecule has 6 nitrogen and oxygen atoms in total. The minimum atomic E-state index is -0.950. The van der Waals surface area contributed by atoms with Crippen molar-refractivity contribution in [3.05, 3.63) is 71.3 Å². The smallest absolute Gasteiger partial charge is 0.254 e. The Morgan fingerprint density at radius 1 is 1.10 bits per heavy atom. The summed E-state index contributed by atoms with van der Waals surface area (Å²) >= 11 is 0. The average molecular weight is 415 g/mol. The van der Waals surface area contributed by atoms with E-state index in [1.165, 1.54) is 0 Å². The fourth-order valence-corrected chi connectivity index (χ4v) is 3.47. The van der Waals surface area contributed by atoms with E-state index in [0.717, 1.165) is 17.7 Å². The van der Waals surface area contributed by atoms with Gasteiger partial charge in [-0.1, -0.05) is 30.3 Å². The van der Waals surface area contributed by atoms with Gasteiger partial charge >= 0.3 is 0 Å². The summed E-state index contributed by atoms with van der Waals surface area (Å²) in [6.07, 6.45) is 0.135. The van der Waals surface area contributed by atoms with Crippen LogP contribution >= 0.6 is 0 Å². The first-order chi connectivity index (χ1) is 14.4. The lowest BCUT2D eigenvalue weighted by molar-refractivity contribution is -0.130. The summed E-state index contributed by atoms with van der Waals surface area (Å²) in [4.78, 5) is 38.4. The molecule has 2 aromatic carbocycles. The molecule has 0 bridgehead atoms. The summed E-state index contributed by atoms with van der Waals surface area (Å²) in [5.41, 5.74) is 0.734. The van der Waals surface area contributed by atoms with Gasteiger partial charge in [0, 0.05) is 32.1 Å². The van der Waals surface area contributed by atoms with E-state index in [1.54, 1.807) is 4.90 Å². The summed E-state index contributed by atoms with van der Waals surface area (Å²) in [7, 11) is 0. The van der Waals surface area contributed by atoms with E-state index in [2.05, 4.69) is 10.6 Å². The van der Waals surface area contributed by atoms with Crippen molar-refractivity contribution in [2.45, 2.75) is 19.4 Å². The lowest BCUT2D eigenvalue weighted by Crippen LogP contribution is -2.38. The minimum absolute atomic E-state index is 0.0756. The highest BCUT2D eigenvalue weighted by atomic mass is 19.1. The van der Waals surface area contributed by atoms with Crippen molar-refractivity contribution in [3.63, 3.8) is 0 Å². The second-order valence-corrected chi connectivity index (χ2v) is 7.20. The molecule has 2 aromatic rings. The Hall–Kier alpha value is -3.29. The van der Waals surface area contributed by atoms with Gasteiger partial charge in [-0.05, 0) is 24.6 Å². The summed E-state index contributed by atoms with van der Waals surface area (Å²) in [6.45, 7) is 2.46. The van der Waals surface area contributed by atoms with E-state index in [4.69, 9.17) is 0 Å². The normalized spacial score (nSPS) is 17.0. The van der Waals surface area contributed by atoms with Crippen LogP contribution in [0.2, 0.25) is 0 Å². The Balaban J connectivity index is 1.45. The summed E-state index contributed by atoms with van der Waals surface area (Å²) < 4.78 is 26.5. The molecule has 1 aliphatic heterocycles. The lowest BCUT2D eigenvalue weighted by Gasteiger charge is -2.25. The van der Waals surface area contributed by atoms with E-state index >= 15 is 0 Å². The predicted octanol–water partition coefficient (Wildman–Crippen LogP) is 2.42. The Kier molecular flexibility index (Phi) is 6.76. The lowest BCUT2D eigenvalue weighted by atomic mass is 10.1. The quantitative estimate of drug-likeness (QED) is 0.682. The molecule has 158 valence electrons. The maximum absolute atomic E-state index is 13.6. The van der Waals surface area contributed by atoms with E-state index in [9.17, 15) is 23.2 Å². The van der Waals surface area contributed by atoms with Crippen LogP contribution in [0.4, 0.5) is 8.78 Å². The standard InChI is InChI=1S/C22H23F2N3O3/c1-14(15-5-3-2-4-6-15)27-13-16(11-20(27)28)21(29)25-9-10-26-22(30)18-8-7-17(23)12-19(18)24/h2-8,12,14,16H,9-11,13H2,1H3,(H,25,29)(H,26,30). The minimum Gasteiger partial charge on any atom is -0.354 e. The molecule has 0 spiro atoms. The number of carbonyl (C=O) groups is 3. The monoisotopic (exact) mass is 415 g/mol. The number of halogens is 2. The first kappa shape index (κ1) is 21.4. The van der Waals surface area contributed by atoms with Gasteiger partial charge < -0.3 is 15.5 Å². The number of hydrogen-bond acceptors (Lipinski definition) is 3. The molecule has 3 amide bonds. The van der Waals surface area contributed by atoms with Crippen molar-refractivity contribution in [1.82, 2.24) is 15.5 Å². The maximum Gasteiger partial charge on any atom is 0.254 e. The van der Waals surface area contributed by atoms with Crippen molar-refractivity contribution in [2.24, 2.45) is 5.92 Å². The summed E-state index contributed by atoms with van der Waals surface area (Å²) in [6, 6.07) is 12.2. The zero-order valence-corrected chi connectivity index (χ0v) is 16.5. The Morgan fingerprint density at radius 2 is 1.80 bits per heavy atom. The molecule has 2 N–H and O–H groups in total. The fraction of sp³-hybridized carbons (Fsp3) is 0.318. The molecule has 1 saturated heterocycles. The van der Waals surface area contributed by atoms with Crippen LogP contribution in [0.25, 0.3) is 0 Å². The number of nitrogens with one attached hydrogen (secondary N) is 2. The van der Waals surface area contributed by atoms with E-state index < -0.39 is 23.5 Å². The number of amides is 3. The van der Waals surface area contributed by atoms with E-state index in [0.29, 0.717) is 12.6 Å². The zero-order chi connectivity index (χ0) is 21.7. The highest BCUT2D eigenvalue weighted by molar-refractivity contribution is 5.94. The molecule has 1 heterocycles. The average Bonchev–Trinajstić information content (AvgIpc) is 3.12. The largest absolute Gasteiger partial charge is 0.354 e. The highest BCUT2D eigenvalue weighted by Gasteiger charge is 2.36. The van der Waals surface area contributed by atoms with Gasteiger partial charge in [0.2, 0.25) is 11.8 Å². The van der Waals surface area contributed by atoms with Gasteiger partial charge in [-0.15, -0.1) is 0 Å². The van der Waals surface area contributed by atoms with Crippen molar-refractivity contribution >= 4 is 17.7 Å².